The van der Waals surface area contributed by atoms with Crippen LogP contribution in [0.5, 0.6) is 0 Å². The third-order valence-corrected chi connectivity index (χ3v) is 15.9. The highest BCUT2D eigenvalue weighted by atomic mass is 33.1. The van der Waals surface area contributed by atoms with Crippen molar-refractivity contribution in [2.75, 3.05) is 18.1 Å². The van der Waals surface area contributed by atoms with Crippen molar-refractivity contribution in [3.8, 4) is 0 Å². The van der Waals surface area contributed by atoms with E-state index in [0.29, 0.717) is 43.4 Å². The Morgan fingerprint density at radius 1 is 1.04 bits per heavy atom. The molecule has 4 fully saturated rings. The Kier molecular flexibility index (Phi) is 9.06. The van der Waals surface area contributed by atoms with Gasteiger partial charge in [-0.3, -0.25) is 4.79 Å². The molecule has 1 aromatic rings. The molecule has 250 valence electrons. The van der Waals surface area contributed by atoms with Gasteiger partial charge < -0.3 is 30.1 Å². The summed E-state index contributed by atoms with van der Waals surface area (Å²) >= 11 is 0. The van der Waals surface area contributed by atoms with Crippen LogP contribution in [-0.4, -0.2) is 82.9 Å². The van der Waals surface area contributed by atoms with E-state index in [1.165, 1.54) is 0 Å². The summed E-state index contributed by atoms with van der Waals surface area (Å²) in [4.78, 5) is 18.1. The number of carbonyl (C=O) groups is 1. The van der Waals surface area contributed by atoms with Crippen LogP contribution in [-0.2, 0) is 4.79 Å². The second kappa shape index (κ2) is 12.1. The highest BCUT2D eigenvalue weighted by molar-refractivity contribution is 8.76. The SMILES string of the molecule is C=C1C[C@@H](O)[C@@H](C)[C@H]2C[C@H](CSSC[C@H](n3ccnc3)CC1(C)C)[C@@]1(O)C3=CC(=O)[C@@H]4C[C@@H](O)[C@@H](O)C[C@]4(C)[C@H]3CC[C@]21CO. The van der Waals surface area contributed by atoms with Crippen LogP contribution in [0.4, 0.5) is 0 Å². The number of hydrogen-bond acceptors (Lipinski definition) is 9. The minimum atomic E-state index is -1.43. The molecule has 5 aliphatic rings. The van der Waals surface area contributed by atoms with E-state index in [-0.39, 0.29) is 53.9 Å². The summed E-state index contributed by atoms with van der Waals surface area (Å²) in [6, 6.07) is 0.174. The third-order valence-electron chi connectivity index (χ3n) is 13.3. The highest BCUT2D eigenvalue weighted by Gasteiger charge is 2.71. The van der Waals surface area contributed by atoms with Gasteiger partial charge in [-0.2, -0.15) is 0 Å². The van der Waals surface area contributed by atoms with Gasteiger partial charge >= 0.3 is 0 Å². The van der Waals surface area contributed by atoms with Crippen molar-refractivity contribution in [3.63, 3.8) is 0 Å². The average Bonchev–Trinajstić information content (AvgIpc) is 3.61. The summed E-state index contributed by atoms with van der Waals surface area (Å²) in [5.74, 6) is 0.245. The molecule has 0 spiro atoms. The van der Waals surface area contributed by atoms with Gasteiger partial charge in [-0.25, -0.2) is 4.98 Å². The molecule has 4 aliphatic carbocycles. The van der Waals surface area contributed by atoms with Crippen molar-refractivity contribution < 1.29 is 30.3 Å². The largest absolute Gasteiger partial charge is 0.396 e. The fourth-order valence-electron chi connectivity index (χ4n) is 10.4. The van der Waals surface area contributed by atoms with Crippen LogP contribution in [0.25, 0.3) is 0 Å². The second-order valence-corrected chi connectivity index (χ2v) is 18.5. The van der Waals surface area contributed by atoms with Crippen LogP contribution in [0.1, 0.15) is 78.7 Å². The summed E-state index contributed by atoms with van der Waals surface area (Å²) in [6.45, 7) is 12.7. The maximum absolute atomic E-state index is 13.8. The number of nitrogens with zero attached hydrogens (tertiary/aromatic N) is 2. The predicted octanol–water partition coefficient (Wildman–Crippen LogP) is 4.58. The summed E-state index contributed by atoms with van der Waals surface area (Å²) in [5.41, 5.74) is -1.45. The van der Waals surface area contributed by atoms with Gasteiger partial charge in [-0.05, 0) is 85.2 Å². The normalized spacial score (nSPS) is 47.2. The van der Waals surface area contributed by atoms with Crippen LogP contribution in [0.3, 0.4) is 0 Å². The van der Waals surface area contributed by atoms with Crippen molar-refractivity contribution in [2.24, 2.45) is 45.8 Å². The van der Waals surface area contributed by atoms with E-state index < -0.39 is 40.7 Å². The minimum absolute atomic E-state index is 0.0956. The minimum Gasteiger partial charge on any atom is -0.396 e. The predicted molar refractivity (Wildman–Crippen MR) is 178 cm³/mol. The van der Waals surface area contributed by atoms with Crippen LogP contribution in [0.2, 0.25) is 0 Å². The Morgan fingerprint density at radius 2 is 1.78 bits per heavy atom. The molecule has 45 heavy (non-hydrogen) atoms. The molecule has 5 N–H and O–H groups in total. The number of aliphatic hydroxyl groups is 5. The lowest BCUT2D eigenvalue weighted by Crippen LogP contribution is -2.64. The standard InChI is InChI=1S/C35H52N2O6S2/c1-20-10-28(39)21(2)25-11-22(16-44-45-17-23(14-32(20,3)4)37-9-8-36-19-37)35(43)26-12-29(40)27-13-30(41)31(42)15-33(27,5)24(26)6-7-34(25,35)18-38/h8-9,12,19,21-25,27-28,30-31,38-39,41-43H,1,6-7,10-11,13-18H2,2-5H3/t21-,22+,23+,24-,25+,27-,28+,30+,31-,33+,34-,35+/m0/s1. The molecule has 0 radical (unpaired) electrons. The number of rotatable bonds is 2. The lowest BCUT2D eigenvalue weighted by Gasteiger charge is -2.61. The molecule has 0 amide bonds. The van der Waals surface area contributed by atoms with Gasteiger partial charge in [0.05, 0.1) is 36.8 Å². The number of aliphatic hydroxyl groups excluding tert-OH is 4. The van der Waals surface area contributed by atoms with Gasteiger partial charge in [-0.1, -0.05) is 61.4 Å². The van der Waals surface area contributed by atoms with Gasteiger partial charge in [0, 0.05) is 47.2 Å². The number of imidazole rings is 1. The molecule has 1 aliphatic heterocycles. The van der Waals surface area contributed by atoms with Crippen molar-refractivity contribution in [1.29, 1.82) is 0 Å². The van der Waals surface area contributed by atoms with Crippen LogP contribution in [0.15, 0.2) is 42.5 Å². The summed E-state index contributed by atoms with van der Waals surface area (Å²) in [5, 5.41) is 57.7. The monoisotopic (exact) mass is 660 g/mol. The van der Waals surface area contributed by atoms with E-state index in [2.05, 4.69) is 43.8 Å². The lowest BCUT2D eigenvalue weighted by atomic mass is 9.45. The molecule has 6 rings (SSSR count). The molecule has 0 aromatic carbocycles. The molecule has 3 saturated carbocycles. The topological polar surface area (TPSA) is 136 Å². The molecule has 1 aromatic heterocycles. The maximum Gasteiger partial charge on any atom is 0.159 e. The quantitative estimate of drug-likeness (QED) is 0.228. The third kappa shape index (κ3) is 5.24. The van der Waals surface area contributed by atoms with E-state index in [0.717, 1.165) is 17.7 Å². The van der Waals surface area contributed by atoms with Crippen molar-refractivity contribution in [2.45, 2.75) is 103 Å². The first kappa shape index (κ1) is 33.7. The molecule has 0 unspecified atom stereocenters. The van der Waals surface area contributed by atoms with Gasteiger partial charge in [-0.15, -0.1) is 0 Å². The fourth-order valence-corrected chi connectivity index (χ4v) is 13.1. The Hall–Kier alpha value is -1.14. The fraction of sp³-hybridized carbons (Fsp3) is 0.771. The molecular weight excluding hydrogens is 609 g/mol. The van der Waals surface area contributed by atoms with Gasteiger partial charge in [0.15, 0.2) is 5.78 Å². The van der Waals surface area contributed by atoms with Crippen molar-refractivity contribution >= 4 is 27.4 Å². The van der Waals surface area contributed by atoms with Gasteiger partial charge in [0.1, 0.15) is 0 Å². The summed E-state index contributed by atoms with van der Waals surface area (Å²) in [6.07, 6.45) is 8.49. The molecular formula is C35H52N2O6S2. The number of aromatic nitrogens is 2. The first-order chi connectivity index (χ1) is 21.2. The second-order valence-electron chi connectivity index (χ2n) is 15.9. The molecule has 12 atom stereocenters. The Balaban J connectivity index is 1.40. The first-order valence-electron chi connectivity index (χ1n) is 16.7. The Bertz CT molecular complexity index is 1320. The zero-order valence-electron chi connectivity index (χ0n) is 27.1. The number of carbonyl (C=O) groups excluding carboxylic acids is 1. The highest BCUT2D eigenvalue weighted by Crippen LogP contribution is 2.70. The zero-order valence-corrected chi connectivity index (χ0v) is 28.8. The number of allylic oxidation sites excluding steroid dienone is 1. The Morgan fingerprint density at radius 3 is 2.47 bits per heavy atom. The van der Waals surface area contributed by atoms with Gasteiger partial charge in [0.25, 0.3) is 0 Å². The van der Waals surface area contributed by atoms with E-state index in [4.69, 9.17) is 0 Å². The number of hydrogen-bond donors (Lipinski definition) is 5. The molecule has 8 nitrogen and oxygen atoms in total. The first-order valence-corrected chi connectivity index (χ1v) is 19.2. The van der Waals surface area contributed by atoms with E-state index in [1.807, 2.05) is 12.5 Å². The summed E-state index contributed by atoms with van der Waals surface area (Å²) in [7, 11) is 3.53. The smallest absolute Gasteiger partial charge is 0.159 e. The lowest BCUT2D eigenvalue weighted by molar-refractivity contribution is -0.169. The van der Waals surface area contributed by atoms with Gasteiger partial charge in [0.2, 0.25) is 0 Å². The van der Waals surface area contributed by atoms with E-state index in [9.17, 15) is 30.3 Å². The van der Waals surface area contributed by atoms with E-state index >= 15 is 0 Å². The molecule has 10 heteroatoms. The number of fused-ring (bicyclic) bond motifs is 9. The van der Waals surface area contributed by atoms with E-state index in [1.54, 1.807) is 33.9 Å². The van der Waals surface area contributed by atoms with Crippen molar-refractivity contribution in [1.82, 2.24) is 9.55 Å². The molecule has 2 heterocycles. The molecule has 2 bridgehead atoms. The zero-order chi connectivity index (χ0) is 32.5. The number of ketones is 1. The van der Waals surface area contributed by atoms with Crippen LogP contribution in [0, 0.1) is 45.8 Å². The van der Waals surface area contributed by atoms with Crippen LogP contribution >= 0.6 is 21.6 Å². The molecule has 1 saturated heterocycles. The van der Waals surface area contributed by atoms with Crippen LogP contribution < -0.4 is 0 Å². The maximum atomic E-state index is 13.8. The average molecular weight is 661 g/mol. The van der Waals surface area contributed by atoms with Crippen molar-refractivity contribution in [3.05, 3.63) is 42.5 Å². The summed E-state index contributed by atoms with van der Waals surface area (Å²) < 4.78 is 2.15. The Labute approximate surface area is 275 Å².